The molecule has 0 unspecified atom stereocenters. The first-order chi connectivity index (χ1) is 13.6. The highest BCUT2D eigenvalue weighted by molar-refractivity contribution is 7.93. The standard InChI is InChI=1S/C21H22N2O4S2/c1-15-5-8-18(9-6-15)22-28(24,25)20-12-10-19(11-13-20)23-29(26,27)21-14-16(2)4-7-17(21)3/h4-14,22-23H,1-3H3. The van der Waals surface area contributed by atoms with Crippen molar-refractivity contribution < 1.29 is 16.8 Å². The van der Waals surface area contributed by atoms with Gasteiger partial charge < -0.3 is 0 Å². The zero-order valence-corrected chi connectivity index (χ0v) is 17.9. The van der Waals surface area contributed by atoms with E-state index in [4.69, 9.17) is 0 Å². The number of benzene rings is 3. The second-order valence-corrected chi connectivity index (χ2v) is 10.2. The molecule has 0 amide bonds. The van der Waals surface area contributed by atoms with Crippen molar-refractivity contribution in [2.75, 3.05) is 9.44 Å². The SMILES string of the molecule is Cc1ccc(NS(=O)(=O)c2ccc(NS(=O)(=O)c3cc(C)ccc3C)cc2)cc1. The molecular weight excluding hydrogens is 408 g/mol. The molecule has 0 spiro atoms. The van der Waals surface area contributed by atoms with E-state index in [-0.39, 0.29) is 15.5 Å². The lowest BCUT2D eigenvalue weighted by atomic mass is 10.2. The van der Waals surface area contributed by atoms with Crippen LogP contribution in [-0.4, -0.2) is 16.8 Å². The van der Waals surface area contributed by atoms with E-state index in [1.807, 2.05) is 32.0 Å². The molecule has 0 atom stereocenters. The normalized spacial score (nSPS) is 11.8. The molecule has 8 heteroatoms. The van der Waals surface area contributed by atoms with E-state index in [0.717, 1.165) is 11.1 Å². The van der Waals surface area contributed by atoms with Crippen molar-refractivity contribution in [2.45, 2.75) is 30.6 Å². The van der Waals surface area contributed by atoms with E-state index in [1.54, 1.807) is 31.2 Å². The number of rotatable bonds is 6. The Bertz CT molecular complexity index is 1230. The average Bonchev–Trinajstić information content (AvgIpc) is 2.65. The number of sulfonamides is 2. The van der Waals surface area contributed by atoms with Gasteiger partial charge in [0.1, 0.15) is 0 Å². The molecule has 0 aliphatic carbocycles. The number of hydrogen-bond acceptors (Lipinski definition) is 4. The van der Waals surface area contributed by atoms with Crippen molar-refractivity contribution in [1.82, 2.24) is 0 Å². The van der Waals surface area contributed by atoms with Crippen molar-refractivity contribution >= 4 is 31.4 Å². The second-order valence-electron chi connectivity index (χ2n) is 6.87. The van der Waals surface area contributed by atoms with Gasteiger partial charge in [-0.05, 0) is 74.4 Å². The number of anilines is 2. The van der Waals surface area contributed by atoms with Crippen molar-refractivity contribution in [2.24, 2.45) is 0 Å². The summed E-state index contributed by atoms with van der Waals surface area (Å²) >= 11 is 0. The molecule has 0 bridgehead atoms. The van der Waals surface area contributed by atoms with Crippen LogP contribution in [0.15, 0.2) is 76.5 Å². The van der Waals surface area contributed by atoms with Gasteiger partial charge in [-0.2, -0.15) is 0 Å². The molecule has 0 aliphatic rings. The fraction of sp³-hybridized carbons (Fsp3) is 0.143. The summed E-state index contributed by atoms with van der Waals surface area (Å²) in [6.07, 6.45) is 0. The molecule has 3 rings (SSSR count). The molecule has 0 fully saturated rings. The van der Waals surface area contributed by atoms with Gasteiger partial charge in [-0.1, -0.05) is 29.8 Å². The van der Waals surface area contributed by atoms with Crippen LogP contribution in [0.2, 0.25) is 0 Å². The minimum absolute atomic E-state index is 0.0350. The molecule has 0 saturated carbocycles. The molecule has 3 aromatic rings. The Morgan fingerprint density at radius 1 is 0.586 bits per heavy atom. The van der Waals surface area contributed by atoms with E-state index >= 15 is 0 Å². The molecule has 3 aromatic carbocycles. The quantitative estimate of drug-likeness (QED) is 0.613. The molecule has 0 aliphatic heterocycles. The lowest BCUT2D eigenvalue weighted by molar-refractivity contribution is 0.599. The zero-order valence-electron chi connectivity index (χ0n) is 16.3. The number of aryl methyl sites for hydroxylation is 3. The summed E-state index contributed by atoms with van der Waals surface area (Å²) in [4.78, 5) is 0.225. The first-order valence-electron chi connectivity index (χ1n) is 8.86. The second kappa shape index (κ2) is 7.88. The Morgan fingerprint density at radius 2 is 1.07 bits per heavy atom. The zero-order chi connectivity index (χ0) is 21.2. The average molecular weight is 431 g/mol. The molecule has 0 heterocycles. The third-order valence-electron chi connectivity index (χ3n) is 4.35. The van der Waals surface area contributed by atoms with Gasteiger partial charge >= 0.3 is 0 Å². The maximum absolute atomic E-state index is 12.7. The van der Waals surface area contributed by atoms with Gasteiger partial charge in [0, 0.05) is 11.4 Å². The highest BCUT2D eigenvalue weighted by Gasteiger charge is 2.18. The van der Waals surface area contributed by atoms with Crippen molar-refractivity contribution in [1.29, 1.82) is 0 Å². The fourth-order valence-corrected chi connectivity index (χ4v) is 5.19. The summed E-state index contributed by atoms with van der Waals surface area (Å²) in [5, 5.41) is 0. The van der Waals surface area contributed by atoms with Gasteiger partial charge in [0.2, 0.25) is 0 Å². The topological polar surface area (TPSA) is 92.3 Å². The van der Waals surface area contributed by atoms with Crippen LogP contribution in [0.25, 0.3) is 0 Å². The van der Waals surface area contributed by atoms with Gasteiger partial charge in [0.25, 0.3) is 20.0 Å². The smallest absolute Gasteiger partial charge is 0.262 e. The van der Waals surface area contributed by atoms with Crippen LogP contribution in [0, 0.1) is 20.8 Å². The summed E-state index contributed by atoms with van der Waals surface area (Å²) in [5.74, 6) is 0. The van der Waals surface area contributed by atoms with Gasteiger partial charge in [0.05, 0.1) is 9.79 Å². The van der Waals surface area contributed by atoms with Crippen LogP contribution in [0.4, 0.5) is 11.4 Å². The molecule has 2 N–H and O–H groups in total. The molecule has 152 valence electrons. The van der Waals surface area contributed by atoms with Gasteiger partial charge in [0.15, 0.2) is 0 Å². The van der Waals surface area contributed by atoms with Crippen LogP contribution in [-0.2, 0) is 20.0 Å². The monoisotopic (exact) mass is 430 g/mol. The highest BCUT2D eigenvalue weighted by atomic mass is 32.2. The summed E-state index contributed by atoms with van der Waals surface area (Å²) in [6.45, 7) is 5.45. The lowest BCUT2D eigenvalue weighted by Gasteiger charge is -2.12. The largest absolute Gasteiger partial charge is 0.280 e. The first kappa shape index (κ1) is 20.9. The van der Waals surface area contributed by atoms with Crippen LogP contribution in [0.1, 0.15) is 16.7 Å². The summed E-state index contributed by atoms with van der Waals surface area (Å²) in [5.41, 5.74) is 3.22. The summed E-state index contributed by atoms with van der Waals surface area (Å²) in [7, 11) is -7.56. The number of hydrogen-bond donors (Lipinski definition) is 2. The maximum Gasteiger partial charge on any atom is 0.262 e. The van der Waals surface area contributed by atoms with Gasteiger partial charge in [-0.25, -0.2) is 16.8 Å². The van der Waals surface area contributed by atoms with E-state index in [2.05, 4.69) is 9.44 Å². The third-order valence-corrected chi connectivity index (χ3v) is 7.27. The lowest BCUT2D eigenvalue weighted by Crippen LogP contribution is -2.15. The van der Waals surface area contributed by atoms with Gasteiger partial charge in [-0.3, -0.25) is 9.44 Å². The van der Waals surface area contributed by atoms with Crippen molar-refractivity contribution in [3.8, 4) is 0 Å². The molecule has 0 saturated heterocycles. The molecule has 0 aromatic heterocycles. The summed E-state index contributed by atoms with van der Waals surface area (Å²) < 4.78 is 55.4. The molecular formula is C21H22N2O4S2. The Hall–Kier alpha value is -2.84. The Balaban J connectivity index is 1.81. The van der Waals surface area contributed by atoms with E-state index in [1.165, 1.54) is 24.3 Å². The van der Waals surface area contributed by atoms with Crippen LogP contribution in [0.3, 0.4) is 0 Å². The van der Waals surface area contributed by atoms with Crippen LogP contribution < -0.4 is 9.44 Å². The number of nitrogens with one attached hydrogen (secondary N) is 2. The van der Waals surface area contributed by atoms with Crippen LogP contribution in [0.5, 0.6) is 0 Å². The van der Waals surface area contributed by atoms with E-state index in [0.29, 0.717) is 11.3 Å². The Labute approximate surface area is 171 Å². The fourth-order valence-electron chi connectivity index (χ4n) is 2.74. The predicted octanol–water partition coefficient (Wildman–Crippen LogP) is 4.21. The Kier molecular flexibility index (Phi) is 5.68. The van der Waals surface area contributed by atoms with Gasteiger partial charge in [-0.15, -0.1) is 0 Å². The highest BCUT2D eigenvalue weighted by Crippen LogP contribution is 2.23. The third kappa shape index (κ3) is 4.96. The molecule has 0 radical (unpaired) electrons. The first-order valence-corrected chi connectivity index (χ1v) is 11.8. The van der Waals surface area contributed by atoms with Crippen LogP contribution >= 0.6 is 0 Å². The maximum atomic E-state index is 12.7. The summed E-state index contributed by atoms with van der Waals surface area (Å²) in [6, 6.07) is 17.7. The van der Waals surface area contributed by atoms with Crippen molar-refractivity contribution in [3.05, 3.63) is 83.4 Å². The minimum atomic E-state index is -3.78. The Morgan fingerprint density at radius 3 is 1.66 bits per heavy atom. The predicted molar refractivity (Wildman–Crippen MR) is 115 cm³/mol. The van der Waals surface area contributed by atoms with E-state index < -0.39 is 20.0 Å². The minimum Gasteiger partial charge on any atom is -0.280 e. The molecule has 29 heavy (non-hydrogen) atoms. The molecule has 6 nitrogen and oxygen atoms in total. The van der Waals surface area contributed by atoms with Crippen molar-refractivity contribution in [3.63, 3.8) is 0 Å². The van der Waals surface area contributed by atoms with E-state index in [9.17, 15) is 16.8 Å².